The van der Waals surface area contributed by atoms with E-state index in [1.165, 1.54) is 16.3 Å². The van der Waals surface area contributed by atoms with Crippen LogP contribution >= 0.6 is 23.2 Å². The van der Waals surface area contributed by atoms with Crippen LogP contribution in [0.5, 0.6) is 5.75 Å². The number of amides is 2. The van der Waals surface area contributed by atoms with Crippen molar-refractivity contribution in [3.8, 4) is 5.75 Å². The highest BCUT2D eigenvalue weighted by atomic mass is 35.5. The fourth-order valence-corrected chi connectivity index (χ4v) is 6.03. The van der Waals surface area contributed by atoms with E-state index in [0.717, 1.165) is 11.8 Å². The van der Waals surface area contributed by atoms with Crippen LogP contribution in [-0.2, 0) is 32.6 Å². The van der Waals surface area contributed by atoms with E-state index in [9.17, 15) is 18.0 Å². The molecule has 8 nitrogen and oxygen atoms in total. The first-order chi connectivity index (χ1) is 20.2. The molecule has 0 aliphatic carbocycles. The standard InChI is InChI=1S/C32H39Cl2N3O5S/c1-32(2,3)35-31(39)29(20-23-10-7-6-8-11-23)36(22-24-13-14-25(33)21-28(24)34)30(38)12-9-19-37(43(5,40)41)26-15-17-27(42-4)18-16-26/h6-8,10-11,13-18,21,29H,9,12,19-20,22H2,1-5H3,(H,35,39)/t29-/m1/s1. The van der Waals surface area contributed by atoms with Crippen molar-refractivity contribution in [2.75, 3.05) is 24.2 Å². The SMILES string of the molecule is COc1ccc(N(CCCC(=O)N(Cc2ccc(Cl)cc2Cl)[C@H](Cc2ccccc2)C(=O)NC(C)(C)C)S(C)(=O)=O)cc1. The topological polar surface area (TPSA) is 96.0 Å². The molecule has 1 atom stereocenters. The molecule has 0 aliphatic rings. The van der Waals surface area contributed by atoms with Gasteiger partial charge in [0.05, 0.1) is 19.1 Å². The Kier molecular flexibility index (Phi) is 11.9. The molecule has 0 heterocycles. The van der Waals surface area contributed by atoms with Crippen LogP contribution in [0.3, 0.4) is 0 Å². The minimum atomic E-state index is -3.63. The number of carbonyl (C=O) groups is 2. The number of benzene rings is 3. The van der Waals surface area contributed by atoms with Crippen LogP contribution in [0.2, 0.25) is 10.0 Å². The number of hydrogen-bond donors (Lipinski definition) is 1. The summed E-state index contributed by atoms with van der Waals surface area (Å²) in [5.41, 5.74) is 1.45. The van der Waals surface area contributed by atoms with Gasteiger partial charge in [-0.05, 0) is 74.7 Å². The van der Waals surface area contributed by atoms with Gasteiger partial charge in [0.25, 0.3) is 0 Å². The molecular formula is C32H39Cl2N3O5S. The van der Waals surface area contributed by atoms with Gasteiger partial charge in [-0.1, -0.05) is 59.6 Å². The molecule has 3 aromatic rings. The van der Waals surface area contributed by atoms with Crippen LogP contribution in [0.4, 0.5) is 5.69 Å². The molecule has 232 valence electrons. The minimum absolute atomic E-state index is 0.00146. The summed E-state index contributed by atoms with van der Waals surface area (Å²) >= 11 is 12.6. The van der Waals surface area contributed by atoms with Crippen molar-refractivity contribution < 1.29 is 22.7 Å². The maximum atomic E-state index is 14.0. The van der Waals surface area contributed by atoms with Gasteiger partial charge in [0, 0.05) is 41.5 Å². The summed E-state index contributed by atoms with van der Waals surface area (Å²) in [5, 5.41) is 3.86. The Morgan fingerprint density at radius 1 is 0.977 bits per heavy atom. The van der Waals surface area contributed by atoms with E-state index in [-0.39, 0.29) is 44.2 Å². The number of sulfonamides is 1. The second-order valence-electron chi connectivity index (χ2n) is 11.3. The van der Waals surface area contributed by atoms with Gasteiger partial charge in [-0.15, -0.1) is 0 Å². The predicted molar refractivity (Wildman–Crippen MR) is 173 cm³/mol. The van der Waals surface area contributed by atoms with Crippen LogP contribution in [0.15, 0.2) is 72.8 Å². The molecule has 2 amide bonds. The molecule has 0 spiro atoms. The van der Waals surface area contributed by atoms with Gasteiger partial charge < -0.3 is 15.0 Å². The Bertz CT molecular complexity index is 1490. The second kappa shape index (κ2) is 14.9. The molecular weight excluding hydrogens is 609 g/mol. The zero-order chi connectivity index (χ0) is 31.8. The lowest BCUT2D eigenvalue weighted by atomic mass is 10.00. The maximum Gasteiger partial charge on any atom is 0.243 e. The Morgan fingerprint density at radius 3 is 2.19 bits per heavy atom. The first-order valence-electron chi connectivity index (χ1n) is 13.9. The first kappa shape index (κ1) is 34.2. The van der Waals surface area contributed by atoms with Gasteiger partial charge in [0.1, 0.15) is 11.8 Å². The third-order valence-electron chi connectivity index (χ3n) is 6.64. The third kappa shape index (κ3) is 10.4. The predicted octanol–water partition coefficient (Wildman–Crippen LogP) is 6.10. The first-order valence-corrected chi connectivity index (χ1v) is 16.5. The van der Waals surface area contributed by atoms with Crippen LogP contribution in [-0.4, -0.2) is 56.6 Å². The van der Waals surface area contributed by atoms with E-state index in [0.29, 0.717) is 27.0 Å². The molecule has 3 rings (SSSR count). The van der Waals surface area contributed by atoms with E-state index >= 15 is 0 Å². The number of halogens is 2. The Morgan fingerprint density at radius 2 is 1.63 bits per heavy atom. The molecule has 0 unspecified atom stereocenters. The highest BCUT2D eigenvalue weighted by Gasteiger charge is 2.32. The Hall–Kier alpha value is -3.27. The van der Waals surface area contributed by atoms with Gasteiger partial charge in [-0.3, -0.25) is 13.9 Å². The number of ether oxygens (including phenoxy) is 1. The number of hydrogen-bond acceptors (Lipinski definition) is 5. The van der Waals surface area contributed by atoms with Crippen molar-refractivity contribution in [3.05, 3.63) is 94.0 Å². The molecule has 11 heteroatoms. The lowest BCUT2D eigenvalue weighted by Gasteiger charge is -2.34. The van der Waals surface area contributed by atoms with Crippen molar-refractivity contribution in [2.45, 2.75) is 58.2 Å². The quantitative estimate of drug-likeness (QED) is 0.242. The number of anilines is 1. The molecule has 0 saturated carbocycles. The van der Waals surface area contributed by atoms with Gasteiger partial charge in [-0.25, -0.2) is 8.42 Å². The minimum Gasteiger partial charge on any atom is -0.497 e. The van der Waals surface area contributed by atoms with Gasteiger partial charge in [0.15, 0.2) is 0 Å². The highest BCUT2D eigenvalue weighted by molar-refractivity contribution is 7.92. The third-order valence-corrected chi connectivity index (χ3v) is 8.42. The van der Waals surface area contributed by atoms with E-state index in [4.69, 9.17) is 27.9 Å². The summed E-state index contributed by atoms with van der Waals surface area (Å²) in [6.45, 7) is 5.78. The maximum absolute atomic E-state index is 14.0. The summed E-state index contributed by atoms with van der Waals surface area (Å²) in [5.74, 6) is -0.00755. The van der Waals surface area contributed by atoms with Gasteiger partial charge >= 0.3 is 0 Å². The fraction of sp³-hybridized carbons (Fsp3) is 0.375. The monoisotopic (exact) mass is 647 g/mol. The zero-order valence-electron chi connectivity index (χ0n) is 25.1. The molecule has 3 aromatic carbocycles. The summed E-state index contributed by atoms with van der Waals surface area (Å²) in [4.78, 5) is 29.2. The van der Waals surface area contributed by atoms with Crippen molar-refractivity contribution in [2.24, 2.45) is 0 Å². The molecule has 0 saturated heterocycles. The van der Waals surface area contributed by atoms with Crippen LogP contribution in [0.25, 0.3) is 0 Å². The Labute approximate surface area is 265 Å². The van der Waals surface area contributed by atoms with Crippen LogP contribution in [0.1, 0.15) is 44.7 Å². The normalized spacial score (nSPS) is 12.3. The molecule has 0 aliphatic heterocycles. The van der Waals surface area contributed by atoms with Crippen molar-refractivity contribution >= 4 is 50.7 Å². The molecule has 0 radical (unpaired) electrons. The van der Waals surface area contributed by atoms with Crippen molar-refractivity contribution in [1.82, 2.24) is 10.2 Å². The number of methoxy groups -OCH3 is 1. The second-order valence-corrected chi connectivity index (χ2v) is 14.1. The van der Waals surface area contributed by atoms with Gasteiger partial charge in [0.2, 0.25) is 21.8 Å². The number of nitrogens with zero attached hydrogens (tertiary/aromatic N) is 2. The summed E-state index contributed by atoms with van der Waals surface area (Å²) in [6, 6.07) is 20.3. The highest BCUT2D eigenvalue weighted by Crippen LogP contribution is 2.26. The number of nitrogens with one attached hydrogen (secondary N) is 1. The average molecular weight is 649 g/mol. The summed E-state index contributed by atoms with van der Waals surface area (Å²) in [6.07, 6.45) is 1.63. The molecule has 0 aromatic heterocycles. The van der Waals surface area contributed by atoms with Gasteiger partial charge in [-0.2, -0.15) is 0 Å². The zero-order valence-corrected chi connectivity index (χ0v) is 27.5. The molecule has 43 heavy (non-hydrogen) atoms. The summed E-state index contributed by atoms with van der Waals surface area (Å²) in [7, 11) is -2.10. The van der Waals surface area contributed by atoms with Crippen molar-refractivity contribution in [1.29, 1.82) is 0 Å². The van der Waals surface area contributed by atoms with E-state index < -0.39 is 21.6 Å². The molecule has 1 N–H and O–H groups in total. The van der Waals surface area contributed by atoms with Crippen LogP contribution < -0.4 is 14.4 Å². The van der Waals surface area contributed by atoms with E-state index in [1.807, 2.05) is 51.1 Å². The van der Waals surface area contributed by atoms with Crippen molar-refractivity contribution in [3.63, 3.8) is 0 Å². The van der Waals surface area contributed by atoms with E-state index in [1.54, 1.807) is 42.5 Å². The smallest absolute Gasteiger partial charge is 0.243 e. The largest absolute Gasteiger partial charge is 0.497 e. The molecule has 0 bridgehead atoms. The summed E-state index contributed by atoms with van der Waals surface area (Å²) < 4.78 is 31.8. The van der Waals surface area contributed by atoms with E-state index in [2.05, 4.69) is 5.32 Å². The number of carbonyl (C=O) groups excluding carboxylic acids is 2. The number of rotatable bonds is 13. The lowest BCUT2D eigenvalue weighted by Crippen LogP contribution is -2.54. The average Bonchev–Trinajstić information content (AvgIpc) is 2.93. The van der Waals surface area contributed by atoms with Crippen LogP contribution in [0, 0.1) is 0 Å². The Balaban J connectivity index is 1.92. The fourth-order valence-electron chi connectivity index (χ4n) is 4.59. The lowest BCUT2D eigenvalue weighted by molar-refractivity contribution is -0.142. The molecule has 0 fully saturated rings.